The van der Waals surface area contributed by atoms with Crippen molar-refractivity contribution < 1.29 is 9.59 Å². The van der Waals surface area contributed by atoms with Crippen LogP contribution in [0.2, 0.25) is 0 Å². The Hall–Kier alpha value is -2.34. The number of likely N-dealkylation sites (tertiary alicyclic amines) is 1. The van der Waals surface area contributed by atoms with Crippen LogP contribution in [0.1, 0.15) is 37.2 Å². The number of benzene rings is 1. The molecule has 4 rings (SSSR count). The maximum Gasteiger partial charge on any atom is 0.270 e. The fraction of sp³-hybridized carbons (Fsp3) is 0.500. The average Bonchev–Trinajstić information content (AvgIpc) is 3.04. The molecule has 2 aromatic rings. The van der Waals surface area contributed by atoms with Crippen molar-refractivity contribution in [2.24, 2.45) is 5.41 Å². The Bertz CT molecular complexity index is 813. The Labute approximate surface area is 153 Å². The highest BCUT2D eigenvalue weighted by atomic mass is 16.2. The quantitative estimate of drug-likeness (QED) is 0.732. The van der Waals surface area contributed by atoms with Gasteiger partial charge in [-0.05, 0) is 30.4 Å². The van der Waals surface area contributed by atoms with Gasteiger partial charge in [0.2, 0.25) is 5.91 Å². The first-order valence-corrected chi connectivity index (χ1v) is 9.29. The fourth-order valence-electron chi connectivity index (χ4n) is 3.89. The molecule has 2 aliphatic heterocycles. The van der Waals surface area contributed by atoms with Crippen LogP contribution in [-0.2, 0) is 4.79 Å². The molecule has 2 fully saturated rings. The molecule has 0 saturated carbocycles. The lowest BCUT2D eigenvalue weighted by Crippen LogP contribution is -2.61. The van der Waals surface area contributed by atoms with E-state index in [1.807, 2.05) is 35.2 Å². The van der Waals surface area contributed by atoms with Crippen molar-refractivity contribution >= 4 is 22.7 Å². The molecule has 2 aliphatic rings. The van der Waals surface area contributed by atoms with Crippen LogP contribution in [0.3, 0.4) is 0 Å². The van der Waals surface area contributed by atoms with Crippen LogP contribution in [0.5, 0.6) is 0 Å². The van der Waals surface area contributed by atoms with E-state index in [9.17, 15) is 9.59 Å². The summed E-state index contributed by atoms with van der Waals surface area (Å²) >= 11 is 0. The van der Waals surface area contributed by atoms with E-state index in [-0.39, 0.29) is 17.2 Å². The number of hydrogen-bond donors (Lipinski definition) is 3. The van der Waals surface area contributed by atoms with Gasteiger partial charge in [-0.15, -0.1) is 0 Å². The highest BCUT2D eigenvalue weighted by molar-refractivity contribution is 5.98. The molecule has 2 saturated heterocycles. The van der Waals surface area contributed by atoms with Gasteiger partial charge in [-0.2, -0.15) is 0 Å². The second-order valence-electron chi connectivity index (χ2n) is 8.35. The van der Waals surface area contributed by atoms with E-state index in [2.05, 4.69) is 29.5 Å². The molecule has 6 heteroatoms. The summed E-state index contributed by atoms with van der Waals surface area (Å²) < 4.78 is 0. The predicted octanol–water partition coefficient (Wildman–Crippen LogP) is 1.89. The van der Waals surface area contributed by atoms with E-state index < -0.39 is 5.54 Å². The molecule has 0 unspecified atom stereocenters. The number of fused-ring (bicyclic) bond motifs is 1. The van der Waals surface area contributed by atoms with Gasteiger partial charge >= 0.3 is 0 Å². The number of para-hydroxylation sites is 1. The SMILES string of the molecule is CC1(C)CNC(=O)C2(CCN(C(=O)c3cc4ccccc4[nH]3)CC2)NC1. The van der Waals surface area contributed by atoms with Crippen molar-refractivity contribution in [1.82, 2.24) is 20.5 Å². The van der Waals surface area contributed by atoms with E-state index in [0.29, 0.717) is 38.2 Å². The summed E-state index contributed by atoms with van der Waals surface area (Å²) in [6, 6.07) is 9.79. The first-order chi connectivity index (χ1) is 12.4. The third-order valence-corrected chi connectivity index (χ3v) is 5.73. The van der Waals surface area contributed by atoms with Gasteiger partial charge in [0.05, 0.1) is 0 Å². The first kappa shape index (κ1) is 17.1. The van der Waals surface area contributed by atoms with Crippen LogP contribution < -0.4 is 10.6 Å². The lowest BCUT2D eigenvalue weighted by Gasteiger charge is -2.40. The number of rotatable bonds is 1. The van der Waals surface area contributed by atoms with E-state index in [4.69, 9.17) is 0 Å². The molecule has 1 aromatic carbocycles. The number of carbonyl (C=O) groups is 2. The minimum Gasteiger partial charge on any atom is -0.354 e. The fourth-order valence-corrected chi connectivity index (χ4v) is 3.89. The second kappa shape index (κ2) is 6.13. The minimum absolute atomic E-state index is 0.00501. The van der Waals surface area contributed by atoms with Crippen LogP contribution in [0.4, 0.5) is 0 Å². The number of H-pyrrole nitrogens is 1. The lowest BCUT2D eigenvalue weighted by molar-refractivity contribution is -0.128. The molecule has 3 heterocycles. The molecule has 0 radical (unpaired) electrons. The van der Waals surface area contributed by atoms with Gasteiger partial charge in [-0.25, -0.2) is 0 Å². The summed E-state index contributed by atoms with van der Waals surface area (Å²) in [6.45, 7) is 6.92. The summed E-state index contributed by atoms with van der Waals surface area (Å²) in [5.74, 6) is 0.0752. The molecule has 3 N–H and O–H groups in total. The average molecular weight is 354 g/mol. The van der Waals surface area contributed by atoms with Crippen LogP contribution in [0, 0.1) is 5.41 Å². The second-order valence-corrected chi connectivity index (χ2v) is 8.35. The monoisotopic (exact) mass is 354 g/mol. The number of hydrogen-bond acceptors (Lipinski definition) is 3. The molecule has 0 bridgehead atoms. The zero-order valence-corrected chi connectivity index (χ0v) is 15.4. The largest absolute Gasteiger partial charge is 0.354 e. The summed E-state index contributed by atoms with van der Waals surface area (Å²) in [5.41, 5.74) is 1.07. The Kier molecular flexibility index (Phi) is 4.03. The first-order valence-electron chi connectivity index (χ1n) is 9.29. The zero-order chi connectivity index (χ0) is 18.4. The zero-order valence-electron chi connectivity index (χ0n) is 15.4. The van der Waals surface area contributed by atoms with Crippen LogP contribution in [0.25, 0.3) is 10.9 Å². The van der Waals surface area contributed by atoms with Gasteiger partial charge in [0.25, 0.3) is 5.91 Å². The van der Waals surface area contributed by atoms with Crippen LogP contribution in [-0.4, -0.2) is 53.4 Å². The van der Waals surface area contributed by atoms with Crippen molar-refractivity contribution in [3.8, 4) is 0 Å². The lowest BCUT2D eigenvalue weighted by atomic mass is 9.86. The smallest absolute Gasteiger partial charge is 0.270 e. The minimum atomic E-state index is -0.551. The van der Waals surface area contributed by atoms with E-state index in [1.54, 1.807) is 0 Å². The summed E-state index contributed by atoms with van der Waals surface area (Å²) in [4.78, 5) is 30.6. The topological polar surface area (TPSA) is 77.2 Å². The third kappa shape index (κ3) is 2.98. The number of piperidine rings is 1. The van der Waals surface area contributed by atoms with Gasteiger partial charge in [0.15, 0.2) is 0 Å². The molecule has 26 heavy (non-hydrogen) atoms. The van der Waals surface area contributed by atoms with Crippen molar-refractivity contribution in [2.45, 2.75) is 32.2 Å². The van der Waals surface area contributed by atoms with Gasteiger partial charge in [0, 0.05) is 37.1 Å². The Balaban J connectivity index is 1.47. The van der Waals surface area contributed by atoms with E-state index >= 15 is 0 Å². The summed E-state index contributed by atoms with van der Waals surface area (Å²) in [6.07, 6.45) is 1.28. The van der Waals surface area contributed by atoms with Crippen LogP contribution in [0.15, 0.2) is 30.3 Å². The molecule has 6 nitrogen and oxygen atoms in total. The molecule has 0 aliphatic carbocycles. The number of nitrogens with one attached hydrogen (secondary N) is 3. The summed E-state index contributed by atoms with van der Waals surface area (Å²) in [5, 5.41) is 7.62. The maximum absolute atomic E-state index is 12.9. The van der Waals surface area contributed by atoms with E-state index in [1.165, 1.54) is 0 Å². The normalized spacial score (nSPS) is 22.2. The van der Waals surface area contributed by atoms with Gasteiger partial charge in [0.1, 0.15) is 11.2 Å². The van der Waals surface area contributed by atoms with Gasteiger partial charge in [-0.3, -0.25) is 9.59 Å². The van der Waals surface area contributed by atoms with E-state index in [0.717, 1.165) is 17.4 Å². The number of carbonyl (C=O) groups excluding carboxylic acids is 2. The number of aromatic nitrogens is 1. The van der Waals surface area contributed by atoms with Gasteiger partial charge < -0.3 is 20.5 Å². The predicted molar refractivity (Wildman–Crippen MR) is 101 cm³/mol. The highest BCUT2D eigenvalue weighted by Crippen LogP contribution is 2.28. The van der Waals surface area contributed by atoms with Crippen molar-refractivity contribution in [2.75, 3.05) is 26.2 Å². The number of amides is 2. The Morgan fingerprint density at radius 1 is 1.12 bits per heavy atom. The Morgan fingerprint density at radius 3 is 2.58 bits per heavy atom. The molecule has 138 valence electrons. The highest BCUT2D eigenvalue weighted by Gasteiger charge is 2.45. The van der Waals surface area contributed by atoms with Crippen LogP contribution >= 0.6 is 0 Å². The van der Waals surface area contributed by atoms with Gasteiger partial charge in [-0.1, -0.05) is 32.0 Å². The molecule has 2 amide bonds. The molecular formula is C20H26N4O2. The molecular weight excluding hydrogens is 328 g/mol. The standard InChI is InChI=1S/C20H26N4O2/c1-19(2)12-21-18(26)20(22-13-19)7-9-24(10-8-20)17(25)16-11-14-5-3-4-6-15(14)23-16/h3-6,11,22-23H,7-10,12-13H2,1-2H3,(H,21,26). The number of nitrogens with zero attached hydrogens (tertiary/aromatic N) is 1. The molecule has 1 spiro atoms. The maximum atomic E-state index is 12.9. The molecule has 1 aromatic heterocycles. The summed E-state index contributed by atoms with van der Waals surface area (Å²) in [7, 11) is 0. The molecule has 0 atom stereocenters. The van der Waals surface area contributed by atoms with Crippen molar-refractivity contribution in [1.29, 1.82) is 0 Å². The Morgan fingerprint density at radius 2 is 1.85 bits per heavy atom. The third-order valence-electron chi connectivity index (χ3n) is 5.73. The number of aromatic amines is 1. The van der Waals surface area contributed by atoms with Crippen molar-refractivity contribution in [3.05, 3.63) is 36.0 Å². The van der Waals surface area contributed by atoms with Crippen molar-refractivity contribution in [3.63, 3.8) is 0 Å².